The molecule has 0 spiro atoms. The number of aromatic amines is 1. The van der Waals surface area contributed by atoms with Gasteiger partial charge in [-0.2, -0.15) is 5.10 Å². The molecule has 1 aromatic heterocycles. The van der Waals surface area contributed by atoms with E-state index >= 15 is 0 Å². The molecule has 5 nitrogen and oxygen atoms in total. The second-order valence-electron chi connectivity index (χ2n) is 7.58. The van der Waals surface area contributed by atoms with Crippen molar-refractivity contribution in [2.24, 2.45) is 5.92 Å². The highest BCUT2D eigenvalue weighted by atomic mass is 16.2. The zero-order valence-corrected chi connectivity index (χ0v) is 15.6. The highest BCUT2D eigenvalue weighted by Crippen LogP contribution is 2.29. The first-order valence-electron chi connectivity index (χ1n) is 9.42. The zero-order chi connectivity index (χ0) is 18.5. The lowest BCUT2D eigenvalue weighted by Crippen LogP contribution is -2.43. The van der Waals surface area contributed by atoms with Crippen LogP contribution in [0.5, 0.6) is 0 Å². The predicted octanol–water partition coefficient (Wildman–Crippen LogP) is 3.32. The van der Waals surface area contributed by atoms with Gasteiger partial charge in [0.25, 0.3) is 5.91 Å². The second kappa shape index (κ2) is 8.30. The van der Waals surface area contributed by atoms with Crippen molar-refractivity contribution in [2.45, 2.75) is 45.4 Å². The van der Waals surface area contributed by atoms with Gasteiger partial charge in [-0.05, 0) is 29.9 Å². The number of benzene rings is 1. The molecule has 3 rings (SSSR count). The van der Waals surface area contributed by atoms with E-state index in [2.05, 4.69) is 22.3 Å². The number of ketones is 1. The summed E-state index contributed by atoms with van der Waals surface area (Å²) in [6.45, 7) is 5.18. The van der Waals surface area contributed by atoms with Crippen molar-refractivity contribution < 1.29 is 9.59 Å². The van der Waals surface area contributed by atoms with E-state index in [-0.39, 0.29) is 23.5 Å². The molecular formula is C21H27N3O2. The van der Waals surface area contributed by atoms with Crippen molar-refractivity contribution in [1.29, 1.82) is 0 Å². The SMILES string of the molecule is CC(C)CC(=O)C(=O)N1CCC[C@@H](c2[nH]ncc2Cc2ccccc2)C1. The lowest BCUT2D eigenvalue weighted by atomic mass is 9.90. The van der Waals surface area contributed by atoms with Crippen LogP contribution in [-0.4, -0.2) is 39.9 Å². The normalized spacial score (nSPS) is 17.5. The Morgan fingerprint density at radius 2 is 2.04 bits per heavy atom. The number of H-pyrrole nitrogens is 1. The Kier molecular flexibility index (Phi) is 5.86. The maximum atomic E-state index is 12.5. The van der Waals surface area contributed by atoms with Crippen molar-refractivity contribution in [1.82, 2.24) is 15.1 Å². The first-order chi connectivity index (χ1) is 12.5. The smallest absolute Gasteiger partial charge is 0.289 e. The fourth-order valence-corrected chi connectivity index (χ4v) is 3.66. The van der Waals surface area contributed by atoms with Crippen molar-refractivity contribution >= 4 is 11.7 Å². The Bertz CT molecular complexity index is 752. The third-order valence-electron chi connectivity index (χ3n) is 4.94. The lowest BCUT2D eigenvalue weighted by molar-refractivity contribution is -0.145. The monoisotopic (exact) mass is 353 g/mol. The molecule has 138 valence electrons. The van der Waals surface area contributed by atoms with E-state index in [1.807, 2.05) is 38.2 Å². The minimum absolute atomic E-state index is 0.206. The van der Waals surface area contributed by atoms with Crippen molar-refractivity contribution in [3.63, 3.8) is 0 Å². The van der Waals surface area contributed by atoms with Gasteiger partial charge in [0.2, 0.25) is 5.78 Å². The largest absolute Gasteiger partial charge is 0.335 e. The first kappa shape index (κ1) is 18.4. The van der Waals surface area contributed by atoms with Crippen LogP contribution in [0, 0.1) is 5.92 Å². The van der Waals surface area contributed by atoms with E-state index in [1.165, 1.54) is 11.1 Å². The van der Waals surface area contributed by atoms with Gasteiger partial charge in [0.15, 0.2) is 0 Å². The van der Waals surface area contributed by atoms with E-state index in [0.29, 0.717) is 19.5 Å². The Labute approximate surface area is 154 Å². The van der Waals surface area contributed by atoms with Gasteiger partial charge >= 0.3 is 0 Å². The second-order valence-corrected chi connectivity index (χ2v) is 7.58. The third-order valence-corrected chi connectivity index (χ3v) is 4.94. The number of hydrogen-bond acceptors (Lipinski definition) is 3. The number of piperidine rings is 1. The number of likely N-dealkylation sites (tertiary alicyclic amines) is 1. The van der Waals surface area contributed by atoms with Gasteiger partial charge in [0, 0.05) is 37.5 Å². The summed E-state index contributed by atoms with van der Waals surface area (Å²) in [5.74, 6) is -0.180. The summed E-state index contributed by atoms with van der Waals surface area (Å²) in [7, 11) is 0. The number of Topliss-reactive ketones (excluding diaryl/α,β-unsaturated/α-hetero) is 1. The summed E-state index contributed by atoms with van der Waals surface area (Å²) in [6.07, 6.45) is 4.95. The fourth-order valence-electron chi connectivity index (χ4n) is 3.66. The standard InChI is InChI=1S/C21H27N3O2/c1-15(2)11-19(25)21(26)24-10-6-9-17(14-24)20-18(13-22-23-20)12-16-7-4-3-5-8-16/h3-5,7-8,13,15,17H,6,9-12,14H2,1-2H3,(H,22,23)/t17-/m1/s1. The number of hydrogen-bond donors (Lipinski definition) is 1. The highest BCUT2D eigenvalue weighted by Gasteiger charge is 2.30. The molecule has 0 aliphatic carbocycles. The van der Waals surface area contributed by atoms with E-state index in [9.17, 15) is 9.59 Å². The summed E-state index contributed by atoms with van der Waals surface area (Å²) in [6, 6.07) is 10.3. The summed E-state index contributed by atoms with van der Waals surface area (Å²) >= 11 is 0. The average Bonchev–Trinajstić information content (AvgIpc) is 3.09. The number of aromatic nitrogens is 2. The Morgan fingerprint density at radius 3 is 2.77 bits per heavy atom. The number of carbonyl (C=O) groups is 2. The van der Waals surface area contributed by atoms with Crippen LogP contribution in [0.1, 0.15) is 55.8 Å². The summed E-state index contributed by atoms with van der Waals surface area (Å²) < 4.78 is 0. The molecule has 26 heavy (non-hydrogen) atoms. The summed E-state index contributed by atoms with van der Waals surface area (Å²) in [5.41, 5.74) is 3.51. The molecular weight excluding hydrogens is 326 g/mol. The van der Waals surface area contributed by atoms with Crippen LogP contribution in [0.2, 0.25) is 0 Å². The molecule has 2 heterocycles. The molecule has 0 radical (unpaired) electrons. The summed E-state index contributed by atoms with van der Waals surface area (Å²) in [4.78, 5) is 26.3. The molecule has 0 saturated carbocycles. The number of carbonyl (C=O) groups excluding carboxylic acids is 2. The minimum Gasteiger partial charge on any atom is -0.335 e. The molecule has 1 fully saturated rings. The molecule has 5 heteroatoms. The first-order valence-corrected chi connectivity index (χ1v) is 9.42. The van der Waals surface area contributed by atoms with Crippen molar-refractivity contribution in [3.05, 3.63) is 53.3 Å². The molecule has 0 unspecified atom stereocenters. The van der Waals surface area contributed by atoms with Gasteiger partial charge in [0.05, 0.1) is 6.20 Å². The molecule has 1 saturated heterocycles. The van der Waals surface area contributed by atoms with Crippen LogP contribution in [0.3, 0.4) is 0 Å². The van der Waals surface area contributed by atoms with Crippen molar-refractivity contribution in [2.75, 3.05) is 13.1 Å². The molecule has 2 aromatic rings. The Balaban J connectivity index is 1.69. The van der Waals surface area contributed by atoms with Crippen LogP contribution >= 0.6 is 0 Å². The van der Waals surface area contributed by atoms with E-state index in [4.69, 9.17) is 0 Å². The molecule has 0 bridgehead atoms. The van der Waals surface area contributed by atoms with Crippen LogP contribution in [-0.2, 0) is 16.0 Å². The number of amides is 1. The van der Waals surface area contributed by atoms with Gasteiger partial charge in [-0.3, -0.25) is 14.7 Å². The van der Waals surface area contributed by atoms with Gasteiger partial charge < -0.3 is 4.90 Å². The maximum Gasteiger partial charge on any atom is 0.289 e. The maximum absolute atomic E-state index is 12.5. The Morgan fingerprint density at radius 1 is 1.27 bits per heavy atom. The van der Waals surface area contributed by atoms with E-state index in [0.717, 1.165) is 25.0 Å². The fraction of sp³-hybridized carbons (Fsp3) is 0.476. The minimum atomic E-state index is -0.326. The van der Waals surface area contributed by atoms with Gasteiger partial charge in [-0.25, -0.2) is 0 Å². The third kappa shape index (κ3) is 4.40. The molecule has 1 atom stereocenters. The van der Waals surface area contributed by atoms with Crippen LogP contribution < -0.4 is 0 Å². The van der Waals surface area contributed by atoms with Crippen LogP contribution in [0.25, 0.3) is 0 Å². The quantitative estimate of drug-likeness (QED) is 0.810. The van der Waals surface area contributed by atoms with E-state index < -0.39 is 0 Å². The van der Waals surface area contributed by atoms with Gasteiger partial charge in [-0.15, -0.1) is 0 Å². The Hall–Kier alpha value is -2.43. The lowest BCUT2D eigenvalue weighted by Gasteiger charge is -2.32. The highest BCUT2D eigenvalue weighted by molar-refractivity contribution is 6.36. The predicted molar refractivity (Wildman–Crippen MR) is 101 cm³/mol. The molecule has 1 aromatic carbocycles. The van der Waals surface area contributed by atoms with E-state index in [1.54, 1.807) is 4.90 Å². The topological polar surface area (TPSA) is 66.1 Å². The number of rotatable bonds is 6. The van der Waals surface area contributed by atoms with Gasteiger partial charge in [0.1, 0.15) is 0 Å². The van der Waals surface area contributed by atoms with Crippen molar-refractivity contribution in [3.8, 4) is 0 Å². The van der Waals surface area contributed by atoms with Crippen LogP contribution in [0.4, 0.5) is 0 Å². The zero-order valence-electron chi connectivity index (χ0n) is 15.6. The molecule has 1 aliphatic heterocycles. The molecule has 1 N–H and O–H groups in total. The number of nitrogens with zero attached hydrogens (tertiary/aromatic N) is 2. The molecule has 1 aliphatic rings. The average molecular weight is 353 g/mol. The van der Waals surface area contributed by atoms with Crippen LogP contribution in [0.15, 0.2) is 36.5 Å². The van der Waals surface area contributed by atoms with Gasteiger partial charge in [-0.1, -0.05) is 44.2 Å². The number of nitrogens with one attached hydrogen (secondary N) is 1. The molecule has 1 amide bonds. The summed E-state index contributed by atoms with van der Waals surface area (Å²) in [5, 5.41) is 7.39.